The van der Waals surface area contributed by atoms with Gasteiger partial charge in [-0.05, 0) is 0 Å². The van der Waals surface area contributed by atoms with Gasteiger partial charge >= 0.3 is 60.9 Å². The number of aliphatic carboxylic acids is 1. The van der Waals surface area contributed by atoms with Gasteiger partial charge in [-0.2, -0.15) is 0 Å². The Morgan fingerprint density at radius 2 is 2.50 bits per heavy atom. The van der Waals surface area contributed by atoms with Gasteiger partial charge in [0.05, 0.1) is 0 Å². The zero-order valence-corrected chi connectivity index (χ0v) is 7.12. The van der Waals surface area contributed by atoms with Gasteiger partial charge in [0.15, 0.2) is 0 Å². The molecule has 6 heteroatoms. The fraction of sp³-hybridized carbons (Fsp3) is 0.500. The first-order chi connectivity index (χ1) is 4.66. The summed E-state index contributed by atoms with van der Waals surface area (Å²) in [4.78, 5) is 9.93. The molecule has 0 spiro atoms. The van der Waals surface area contributed by atoms with Crippen LogP contribution in [0.4, 0.5) is 0 Å². The van der Waals surface area contributed by atoms with Gasteiger partial charge in [-0.3, -0.25) is 0 Å². The maximum absolute atomic E-state index is 9.93. The summed E-state index contributed by atoms with van der Waals surface area (Å²) in [6, 6.07) is 0. The Bertz CT molecular complexity index is 210. The Morgan fingerprint density at radius 3 is 2.90 bits per heavy atom. The van der Waals surface area contributed by atoms with Gasteiger partial charge < -0.3 is 0 Å². The number of rotatable bonds is 3. The SMILES string of the molecule is O=P#CC(P)NCC(=O)O. The van der Waals surface area contributed by atoms with E-state index in [1.54, 1.807) is 0 Å². The van der Waals surface area contributed by atoms with Crippen LogP contribution in [-0.2, 0) is 9.36 Å². The van der Waals surface area contributed by atoms with E-state index < -0.39 is 5.97 Å². The van der Waals surface area contributed by atoms with E-state index in [0.29, 0.717) is 0 Å². The summed E-state index contributed by atoms with van der Waals surface area (Å²) in [5.41, 5.74) is 2.41. The Hall–Kier alpha value is -0.130. The molecule has 10 heavy (non-hydrogen) atoms. The Kier molecular flexibility index (Phi) is 5.57. The Morgan fingerprint density at radius 1 is 1.90 bits per heavy atom. The number of carboxylic acid groups (broad SMARTS) is 1. The maximum atomic E-state index is 9.93. The summed E-state index contributed by atoms with van der Waals surface area (Å²) in [6.45, 7) is -0.156. The van der Waals surface area contributed by atoms with Crippen molar-refractivity contribution in [2.75, 3.05) is 6.54 Å². The molecule has 0 bridgehead atoms. The number of hydrogen-bond donors (Lipinski definition) is 2. The third-order valence-electron chi connectivity index (χ3n) is 0.665. The summed E-state index contributed by atoms with van der Waals surface area (Å²) in [5.74, 6) is -1.29. The standard InChI is InChI=1S/C4H7NO3P2/c6-4(7)1-5-3(9)2-10-8/h3,5H,1,9H2,(H,6,7). The van der Waals surface area contributed by atoms with Gasteiger partial charge in [-0.15, -0.1) is 0 Å². The number of nitrogens with one attached hydrogen (secondary N) is 1. The van der Waals surface area contributed by atoms with Gasteiger partial charge in [-0.1, -0.05) is 0 Å². The van der Waals surface area contributed by atoms with E-state index in [1.165, 1.54) is 0 Å². The number of hydrogen-bond acceptors (Lipinski definition) is 3. The Balaban J connectivity index is 3.55. The third-order valence-corrected chi connectivity index (χ3v) is 1.73. The van der Waals surface area contributed by atoms with Crippen LogP contribution in [0, 0.1) is 5.63 Å². The van der Waals surface area contributed by atoms with E-state index in [2.05, 4.69) is 20.2 Å². The molecule has 4 nitrogen and oxygen atoms in total. The molecule has 0 aromatic heterocycles. The average Bonchev–Trinajstić information content (AvgIpc) is 1.85. The molecule has 0 aromatic rings. The first-order valence-electron chi connectivity index (χ1n) is 2.45. The second-order valence-electron chi connectivity index (χ2n) is 1.47. The van der Waals surface area contributed by atoms with Crippen LogP contribution in [0.25, 0.3) is 0 Å². The van der Waals surface area contributed by atoms with Crippen molar-refractivity contribution in [2.24, 2.45) is 0 Å². The fourth-order valence-corrected chi connectivity index (χ4v) is 0.805. The molecule has 0 heterocycles. The van der Waals surface area contributed by atoms with Crippen LogP contribution in [-0.4, -0.2) is 23.4 Å². The molecular weight excluding hydrogens is 172 g/mol. The van der Waals surface area contributed by atoms with E-state index in [4.69, 9.17) is 5.11 Å². The zero-order valence-electron chi connectivity index (χ0n) is 5.07. The molecule has 0 fully saturated rings. The van der Waals surface area contributed by atoms with Crippen molar-refractivity contribution >= 4 is 23.1 Å². The minimum absolute atomic E-state index is 0.156. The van der Waals surface area contributed by atoms with Crippen LogP contribution in [0.2, 0.25) is 0 Å². The van der Waals surface area contributed by atoms with Gasteiger partial charge in [0.25, 0.3) is 0 Å². The number of carbonyl (C=O) groups is 1. The van der Waals surface area contributed by atoms with Gasteiger partial charge in [0.2, 0.25) is 0 Å². The number of carboxylic acids is 1. The van der Waals surface area contributed by atoms with E-state index in [1.807, 2.05) is 0 Å². The van der Waals surface area contributed by atoms with Crippen molar-refractivity contribution in [1.29, 1.82) is 0 Å². The molecule has 0 aliphatic rings. The first kappa shape index (κ1) is 9.87. The average molecular weight is 179 g/mol. The second kappa shape index (κ2) is 5.64. The summed E-state index contributed by atoms with van der Waals surface area (Å²) in [5, 5.41) is 10.7. The third kappa shape index (κ3) is 6.00. The predicted octanol–water partition coefficient (Wildman–Crippen LogP) is 0.113. The monoisotopic (exact) mass is 179 g/mol. The van der Waals surface area contributed by atoms with Crippen molar-refractivity contribution in [3.8, 4) is 5.63 Å². The Labute approximate surface area is 61.7 Å². The van der Waals surface area contributed by atoms with Crippen molar-refractivity contribution in [3.05, 3.63) is 0 Å². The summed E-state index contributed by atoms with van der Waals surface area (Å²) >= 11 is 0. The van der Waals surface area contributed by atoms with Gasteiger partial charge in [0.1, 0.15) is 0 Å². The van der Waals surface area contributed by atoms with Crippen LogP contribution >= 0.6 is 17.2 Å². The summed E-state index contributed by atoms with van der Waals surface area (Å²) in [6.07, 6.45) is 0. The van der Waals surface area contributed by atoms with Crippen LogP contribution in [0.15, 0.2) is 0 Å². The summed E-state index contributed by atoms with van der Waals surface area (Å²) < 4.78 is 9.85. The van der Waals surface area contributed by atoms with Crippen molar-refractivity contribution in [1.82, 2.24) is 5.32 Å². The fourth-order valence-electron chi connectivity index (χ4n) is 0.300. The zero-order chi connectivity index (χ0) is 7.98. The molecule has 56 valence electrons. The molecule has 2 N–H and O–H groups in total. The first-order valence-corrected chi connectivity index (χ1v) is 3.93. The van der Waals surface area contributed by atoms with Gasteiger partial charge in [0, 0.05) is 0 Å². The molecule has 0 rings (SSSR count). The second-order valence-corrected chi connectivity index (χ2v) is 2.58. The molecule has 2 atom stereocenters. The van der Waals surface area contributed by atoms with Crippen LogP contribution in [0.3, 0.4) is 0 Å². The molecule has 0 saturated heterocycles. The molecule has 0 aromatic carbocycles. The van der Waals surface area contributed by atoms with Crippen molar-refractivity contribution < 1.29 is 14.5 Å². The van der Waals surface area contributed by atoms with E-state index in [-0.39, 0.29) is 20.2 Å². The van der Waals surface area contributed by atoms with E-state index in [0.717, 1.165) is 0 Å². The predicted molar refractivity (Wildman–Crippen MR) is 40.6 cm³/mol. The van der Waals surface area contributed by atoms with Gasteiger partial charge in [-0.25, -0.2) is 0 Å². The van der Waals surface area contributed by atoms with Crippen LogP contribution in [0.5, 0.6) is 0 Å². The molecule has 2 unspecified atom stereocenters. The molecule has 0 aliphatic carbocycles. The normalized spacial score (nSPS) is 11.7. The van der Waals surface area contributed by atoms with Crippen molar-refractivity contribution in [2.45, 2.75) is 5.78 Å². The van der Waals surface area contributed by atoms with E-state index in [9.17, 15) is 9.36 Å². The topological polar surface area (TPSA) is 66.4 Å². The van der Waals surface area contributed by atoms with E-state index >= 15 is 0 Å². The van der Waals surface area contributed by atoms with Crippen LogP contribution < -0.4 is 5.32 Å². The van der Waals surface area contributed by atoms with Crippen molar-refractivity contribution in [3.63, 3.8) is 0 Å². The molecule has 0 amide bonds. The molecular formula is C4H7NO3P2. The van der Waals surface area contributed by atoms with Crippen LogP contribution in [0.1, 0.15) is 0 Å². The summed E-state index contributed by atoms with van der Waals surface area (Å²) in [7, 11) is 2.03. The quantitative estimate of drug-likeness (QED) is 0.603. The minimum atomic E-state index is -0.947. The molecule has 0 saturated carbocycles. The molecule has 0 radical (unpaired) electrons. The molecule has 0 aliphatic heterocycles.